The maximum absolute atomic E-state index is 11.8. The standard InChI is InChI=1S/C20H21N5O6/c1-28-11-3-8-24-9-6-12(7-10-24)16-21-22-20(31-16)25-13-4-2-5-14-15(13)17(23-25)30-19(27)18(26)29-14/h2,4-5,12H,3,6-11H2,1H3. The van der Waals surface area contributed by atoms with Crippen molar-refractivity contribution in [2.75, 3.05) is 33.4 Å². The number of hydrogen-bond acceptors (Lipinski definition) is 10. The Bertz CT molecular complexity index is 1130. The summed E-state index contributed by atoms with van der Waals surface area (Å²) in [6, 6.07) is 5.15. The van der Waals surface area contributed by atoms with Gasteiger partial charge in [-0.3, -0.25) is 0 Å². The van der Waals surface area contributed by atoms with Gasteiger partial charge in [0.25, 0.3) is 5.88 Å². The lowest BCUT2D eigenvalue weighted by Gasteiger charge is -2.30. The molecular weight excluding hydrogens is 406 g/mol. The van der Waals surface area contributed by atoms with Crippen LogP contribution in [-0.4, -0.2) is 70.2 Å². The van der Waals surface area contributed by atoms with Gasteiger partial charge in [0, 0.05) is 26.2 Å². The van der Waals surface area contributed by atoms with Crippen molar-refractivity contribution in [3.05, 3.63) is 24.1 Å². The van der Waals surface area contributed by atoms with Crippen molar-refractivity contribution < 1.29 is 28.2 Å². The topological polar surface area (TPSA) is 122 Å². The molecule has 5 rings (SSSR count). The number of carbonyl (C=O) groups excluding carboxylic acids is 2. The number of ether oxygens (including phenoxy) is 3. The highest BCUT2D eigenvalue weighted by atomic mass is 16.6. The fourth-order valence-corrected chi connectivity index (χ4v) is 3.99. The van der Waals surface area contributed by atoms with Crippen LogP contribution in [0.4, 0.5) is 0 Å². The molecule has 1 fully saturated rings. The minimum Gasteiger partial charge on any atom is -0.417 e. The summed E-state index contributed by atoms with van der Waals surface area (Å²) in [5.41, 5.74) is 0.526. The highest BCUT2D eigenvalue weighted by Gasteiger charge is 2.31. The molecule has 1 saturated heterocycles. The molecule has 0 radical (unpaired) electrons. The number of rotatable bonds is 6. The lowest BCUT2D eigenvalue weighted by molar-refractivity contribution is -0.155. The van der Waals surface area contributed by atoms with Crippen molar-refractivity contribution in [1.82, 2.24) is 24.9 Å². The molecule has 0 unspecified atom stereocenters. The van der Waals surface area contributed by atoms with Gasteiger partial charge in [-0.2, -0.15) is 4.68 Å². The van der Waals surface area contributed by atoms with E-state index in [4.69, 9.17) is 18.6 Å². The van der Waals surface area contributed by atoms with E-state index in [-0.39, 0.29) is 23.6 Å². The maximum Gasteiger partial charge on any atom is 0.424 e. The first kappa shape index (κ1) is 19.6. The second kappa shape index (κ2) is 8.08. The normalized spacial score (nSPS) is 17.6. The molecule has 11 nitrogen and oxygen atoms in total. The smallest absolute Gasteiger partial charge is 0.417 e. The molecular formula is C20H21N5O6. The molecule has 1 aromatic carbocycles. The van der Waals surface area contributed by atoms with Crippen molar-refractivity contribution in [2.45, 2.75) is 25.2 Å². The van der Waals surface area contributed by atoms with E-state index in [1.165, 1.54) is 4.68 Å². The number of esters is 2. The van der Waals surface area contributed by atoms with Gasteiger partial charge in [0.15, 0.2) is 0 Å². The van der Waals surface area contributed by atoms with Gasteiger partial charge in [-0.05, 0) is 44.5 Å². The summed E-state index contributed by atoms with van der Waals surface area (Å²) in [4.78, 5) is 25.9. The molecule has 0 atom stereocenters. The van der Waals surface area contributed by atoms with Gasteiger partial charge < -0.3 is 23.5 Å². The average Bonchev–Trinajstić information content (AvgIpc) is 3.37. The van der Waals surface area contributed by atoms with Crippen molar-refractivity contribution in [2.24, 2.45) is 0 Å². The molecule has 4 heterocycles. The first-order chi connectivity index (χ1) is 15.1. The van der Waals surface area contributed by atoms with E-state index in [9.17, 15) is 9.59 Å². The Morgan fingerprint density at radius 1 is 1.13 bits per heavy atom. The third-order valence-electron chi connectivity index (χ3n) is 5.57. The zero-order valence-electron chi connectivity index (χ0n) is 16.9. The van der Waals surface area contributed by atoms with Crippen LogP contribution < -0.4 is 9.47 Å². The van der Waals surface area contributed by atoms with Gasteiger partial charge in [0.05, 0.1) is 5.52 Å². The quantitative estimate of drug-likeness (QED) is 0.247. The van der Waals surface area contributed by atoms with Gasteiger partial charge in [-0.25, -0.2) is 9.59 Å². The molecule has 3 aromatic rings. The van der Waals surface area contributed by atoms with E-state index in [1.54, 1.807) is 25.3 Å². The lowest BCUT2D eigenvalue weighted by atomic mass is 9.97. The van der Waals surface area contributed by atoms with E-state index in [2.05, 4.69) is 20.2 Å². The minimum atomic E-state index is -1.13. The number of likely N-dealkylation sites (tertiary alicyclic amines) is 1. The van der Waals surface area contributed by atoms with Crippen LogP contribution in [0.1, 0.15) is 31.1 Å². The largest absolute Gasteiger partial charge is 0.424 e. The van der Waals surface area contributed by atoms with Crippen molar-refractivity contribution in [3.8, 4) is 17.6 Å². The number of methoxy groups -OCH3 is 1. The highest BCUT2D eigenvalue weighted by Crippen LogP contribution is 2.37. The Morgan fingerprint density at radius 3 is 2.74 bits per heavy atom. The third-order valence-corrected chi connectivity index (χ3v) is 5.57. The summed E-state index contributed by atoms with van der Waals surface area (Å²) in [7, 11) is 1.72. The van der Waals surface area contributed by atoms with Crippen LogP contribution >= 0.6 is 0 Å². The molecule has 0 N–H and O–H groups in total. The second-order valence-corrected chi connectivity index (χ2v) is 7.53. The van der Waals surface area contributed by atoms with E-state index >= 15 is 0 Å². The molecule has 2 aliphatic heterocycles. The number of hydrogen-bond donors (Lipinski definition) is 0. The van der Waals surface area contributed by atoms with Crippen molar-refractivity contribution >= 4 is 22.8 Å². The fourth-order valence-electron chi connectivity index (χ4n) is 3.99. The summed E-state index contributed by atoms with van der Waals surface area (Å²) >= 11 is 0. The predicted octanol–water partition coefficient (Wildman–Crippen LogP) is 1.45. The van der Waals surface area contributed by atoms with Crippen LogP contribution in [0, 0.1) is 0 Å². The second-order valence-electron chi connectivity index (χ2n) is 7.53. The SMILES string of the molecule is COCCCN1CCC(c2nnc(-n3nc4c5c(cccc53)OC(=O)C(=O)O4)o2)CC1. The van der Waals surface area contributed by atoms with Gasteiger partial charge in [-0.1, -0.05) is 11.2 Å². The summed E-state index contributed by atoms with van der Waals surface area (Å²) < 4.78 is 22.6. The Labute approximate surface area is 176 Å². The van der Waals surface area contributed by atoms with Crippen molar-refractivity contribution in [1.29, 1.82) is 0 Å². The van der Waals surface area contributed by atoms with E-state index in [0.717, 1.165) is 45.5 Å². The van der Waals surface area contributed by atoms with E-state index in [0.29, 0.717) is 16.8 Å². The number of piperidine rings is 1. The van der Waals surface area contributed by atoms with Crippen LogP contribution in [0.3, 0.4) is 0 Å². The molecule has 162 valence electrons. The number of aromatic nitrogens is 4. The van der Waals surface area contributed by atoms with E-state index < -0.39 is 11.9 Å². The summed E-state index contributed by atoms with van der Waals surface area (Å²) in [5.74, 6) is -1.34. The molecule has 11 heteroatoms. The first-order valence-electron chi connectivity index (χ1n) is 10.1. The predicted molar refractivity (Wildman–Crippen MR) is 105 cm³/mol. The Morgan fingerprint density at radius 2 is 1.94 bits per heavy atom. The van der Waals surface area contributed by atoms with Crippen LogP contribution in [-0.2, 0) is 14.3 Å². The van der Waals surface area contributed by atoms with Gasteiger partial charge in [0.1, 0.15) is 11.1 Å². The molecule has 0 spiro atoms. The Kier molecular flexibility index (Phi) is 5.12. The molecule has 0 saturated carbocycles. The van der Waals surface area contributed by atoms with Crippen LogP contribution in [0.15, 0.2) is 22.6 Å². The average molecular weight is 427 g/mol. The zero-order chi connectivity index (χ0) is 21.4. The van der Waals surface area contributed by atoms with Gasteiger partial charge >= 0.3 is 18.0 Å². The summed E-state index contributed by atoms with van der Waals surface area (Å²) in [5, 5.41) is 13.1. The third kappa shape index (κ3) is 3.66. The first-order valence-corrected chi connectivity index (χ1v) is 10.1. The van der Waals surface area contributed by atoms with Gasteiger partial charge in [-0.15, -0.1) is 10.2 Å². The van der Waals surface area contributed by atoms with E-state index in [1.807, 2.05) is 0 Å². The molecule has 0 aliphatic carbocycles. The summed E-state index contributed by atoms with van der Waals surface area (Å²) in [6.45, 7) is 3.71. The van der Waals surface area contributed by atoms with Crippen LogP contribution in [0.2, 0.25) is 0 Å². The lowest BCUT2D eigenvalue weighted by Crippen LogP contribution is -2.34. The van der Waals surface area contributed by atoms with Crippen LogP contribution in [0.5, 0.6) is 11.6 Å². The van der Waals surface area contributed by atoms with Crippen molar-refractivity contribution in [3.63, 3.8) is 0 Å². The highest BCUT2D eigenvalue weighted by molar-refractivity contribution is 6.32. The summed E-state index contributed by atoms with van der Waals surface area (Å²) in [6.07, 6.45) is 2.87. The molecule has 0 amide bonds. The van der Waals surface area contributed by atoms with Crippen LogP contribution in [0.25, 0.3) is 16.9 Å². The molecule has 2 aliphatic rings. The number of benzene rings is 1. The zero-order valence-corrected chi connectivity index (χ0v) is 16.9. The van der Waals surface area contributed by atoms with Gasteiger partial charge in [0.2, 0.25) is 5.89 Å². The Balaban J connectivity index is 1.37. The molecule has 0 bridgehead atoms. The Hall–Kier alpha value is -3.31. The fraction of sp³-hybridized carbons (Fsp3) is 0.450. The monoisotopic (exact) mass is 427 g/mol. The molecule has 2 aromatic heterocycles. The maximum atomic E-state index is 11.8. The minimum absolute atomic E-state index is 0.0365. The number of carbonyl (C=O) groups is 2. The number of nitrogens with zero attached hydrogens (tertiary/aromatic N) is 5. The molecule has 31 heavy (non-hydrogen) atoms.